The Labute approximate surface area is 108 Å². The van der Waals surface area contributed by atoms with Crippen LogP contribution < -0.4 is 5.32 Å². The Morgan fingerprint density at radius 1 is 1.22 bits per heavy atom. The third kappa shape index (κ3) is 2.60. The van der Waals surface area contributed by atoms with E-state index >= 15 is 0 Å². The van der Waals surface area contributed by atoms with Crippen molar-refractivity contribution in [3.63, 3.8) is 0 Å². The van der Waals surface area contributed by atoms with E-state index in [2.05, 4.69) is 5.32 Å². The van der Waals surface area contributed by atoms with Crippen LogP contribution in [0.2, 0.25) is 5.02 Å². The Kier molecular flexibility index (Phi) is 3.48. The van der Waals surface area contributed by atoms with Crippen molar-refractivity contribution in [1.29, 1.82) is 0 Å². The summed E-state index contributed by atoms with van der Waals surface area (Å²) in [4.78, 5) is 11.9. The number of phenols is 1. The fourth-order valence-corrected chi connectivity index (χ4v) is 1.67. The smallest absolute Gasteiger partial charge is 0.257 e. The van der Waals surface area contributed by atoms with E-state index < -0.39 is 11.7 Å². The third-order valence-corrected chi connectivity index (χ3v) is 2.68. The zero-order valence-corrected chi connectivity index (χ0v) is 9.91. The van der Waals surface area contributed by atoms with Crippen LogP contribution in [-0.2, 0) is 0 Å². The molecule has 0 aliphatic heterocycles. The van der Waals surface area contributed by atoms with Crippen LogP contribution in [0.4, 0.5) is 10.1 Å². The molecule has 18 heavy (non-hydrogen) atoms. The molecule has 0 spiro atoms. The van der Waals surface area contributed by atoms with Gasteiger partial charge in [0.05, 0.1) is 10.6 Å². The van der Waals surface area contributed by atoms with E-state index in [9.17, 15) is 14.3 Å². The Morgan fingerprint density at radius 3 is 2.67 bits per heavy atom. The molecule has 2 aromatic carbocycles. The molecule has 0 unspecified atom stereocenters. The topological polar surface area (TPSA) is 49.3 Å². The zero-order chi connectivity index (χ0) is 13.1. The molecule has 0 saturated carbocycles. The van der Waals surface area contributed by atoms with E-state index in [0.29, 0.717) is 5.69 Å². The number of hydrogen-bond donors (Lipinski definition) is 2. The first kappa shape index (κ1) is 12.4. The van der Waals surface area contributed by atoms with Crippen LogP contribution >= 0.6 is 11.6 Å². The molecule has 0 aromatic heterocycles. The maximum absolute atomic E-state index is 13.2. The maximum Gasteiger partial charge on any atom is 0.257 e. The highest BCUT2D eigenvalue weighted by Crippen LogP contribution is 2.22. The second-order valence-corrected chi connectivity index (χ2v) is 3.98. The zero-order valence-electron chi connectivity index (χ0n) is 9.15. The number of carbonyl (C=O) groups is 1. The lowest BCUT2D eigenvalue weighted by Crippen LogP contribution is -2.12. The molecule has 2 aromatic rings. The monoisotopic (exact) mass is 265 g/mol. The van der Waals surface area contributed by atoms with Crippen LogP contribution in [-0.4, -0.2) is 11.0 Å². The molecule has 5 heteroatoms. The van der Waals surface area contributed by atoms with Crippen molar-refractivity contribution in [3.8, 4) is 5.75 Å². The average Bonchev–Trinajstić information content (AvgIpc) is 2.32. The van der Waals surface area contributed by atoms with Crippen molar-refractivity contribution < 1.29 is 14.3 Å². The first-order chi connectivity index (χ1) is 8.58. The SMILES string of the molecule is O=C(Nc1cccc(O)c1)c1cccc(F)c1Cl. The number of halogens is 2. The van der Waals surface area contributed by atoms with Gasteiger partial charge < -0.3 is 10.4 Å². The van der Waals surface area contributed by atoms with Crippen LogP contribution in [0, 0.1) is 5.82 Å². The van der Waals surface area contributed by atoms with E-state index in [-0.39, 0.29) is 16.3 Å². The lowest BCUT2D eigenvalue weighted by atomic mass is 10.2. The molecule has 0 bridgehead atoms. The molecule has 0 saturated heterocycles. The predicted molar refractivity (Wildman–Crippen MR) is 67.5 cm³/mol. The summed E-state index contributed by atoms with van der Waals surface area (Å²) < 4.78 is 13.2. The Bertz CT molecular complexity index is 601. The standard InChI is InChI=1S/C13H9ClFNO2/c14-12-10(5-2-6-11(12)15)13(18)16-8-3-1-4-9(17)7-8/h1-7,17H,(H,16,18). The van der Waals surface area contributed by atoms with Crippen molar-refractivity contribution in [2.45, 2.75) is 0 Å². The number of rotatable bonds is 2. The maximum atomic E-state index is 13.2. The van der Waals surface area contributed by atoms with E-state index in [4.69, 9.17) is 11.6 Å². The second-order valence-electron chi connectivity index (χ2n) is 3.61. The van der Waals surface area contributed by atoms with Gasteiger partial charge in [-0.2, -0.15) is 0 Å². The molecular formula is C13H9ClFNO2. The quantitative estimate of drug-likeness (QED) is 0.874. The van der Waals surface area contributed by atoms with Crippen LogP contribution in [0.1, 0.15) is 10.4 Å². The molecule has 0 fully saturated rings. The summed E-state index contributed by atoms with van der Waals surface area (Å²) >= 11 is 5.70. The van der Waals surface area contributed by atoms with Gasteiger partial charge in [-0.15, -0.1) is 0 Å². The lowest BCUT2D eigenvalue weighted by Gasteiger charge is -2.07. The molecule has 0 aliphatic carbocycles. The number of phenolic OH excluding ortho intramolecular Hbond substituents is 1. The number of hydrogen-bond acceptors (Lipinski definition) is 2. The minimum atomic E-state index is -0.653. The van der Waals surface area contributed by atoms with Gasteiger partial charge in [-0.3, -0.25) is 4.79 Å². The molecule has 0 aliphatic rings. The lowest BCUT2D eigenvalue weighted by molar-refractivity contribution is 0.102. The number of nitrogens with one attached hydrogen (secondary N) is 1. The minimum Gasteiger partial charge on any atom is -0.508 e. The summed E-state index contributed by atoms with van der Waals surface area (Å²) in [5.74, 6) is -1.16. The number of amides is 1. The van der Waals surface area contributed by atoms with E-state index in [1.54, 1.807) is 12.1 Å². The Hall–Kier alpha value is -2.07. The summed E-state index contributed by atoms with van der Waals surface area (Å²) in [7, 11) is 0. The number of carbonyl (C=O) groups excluding carboxylic acids is 1. The summed E-state index contributed by atoms with van der Waals surface area (Å²) in [6.07, 6.45) is 0. The largest absolute Gasteiger partial charge is 0.508 e. The van der Waals surface area contributed by atoms with Crippen molar-refractivity contribution >= 4 is 23.2 Å². The number of benzene rings is 2. The molecule has 3 nitrogen and oxygen atoms in total. The number of aromatic hydroxyl groups is 1. The molecular weight excluding hydrogens is 257 g/mol. The van der Waals surface area contributed by atoms with Gasteiger partial charge in [0.2, 0.25) is 0 Å². The summed E-state index contributed by atoms with van der Waals surface area (Å²) in [5.41, 5.74) is 0.445. The highest BCUT2D eigenvalue weighted by Gasteiger charge is 2.13. The van der Waals surface area contributed by atoms with Gasteiger partial charge in [-0.25, -0.2) is 4.39 Å². The van der Waals surface area contributed by atoms with Crippen molar-refractivity contribution in [2.75, 3.05) is 5.32 Å². The van der Waals surface area contributed by atoms with Gasteiger partial charge in [0.25, 0.3) is 5.91 Å². The molecule has 92 valence electrons. The Balaban J connectivity index is 2.25. The fraction of sp³-hybridized carbons (Fsp3) is 0. The minimum absolute atomic E-state index is 0.0261. The van der Waals surface area contributed by atoms with Crippen LogP contribution in [0.5, 0.6) is 5.75 Å². The second kappa shape index (κ2) is 5.06. The molecule has 2 N–H and O–H groups in total. The van der Waals surface area contributed by atoms with Gasteiger partial charge in [0.1, 0.15) is 11.6 Å². The van der Waals surface area contributed by atoms with Crippen LogP contribution in [0.15, 0.2) is 42.5 Å². The molecule has 2 rings (SSSR count). The van der Waals surface area contributed by atoms with E-state index in [1.807, 2.05) is 0 Å². The van der Waals surface area contributed by atoms with Gasteiger partial charge >= 0.3 is 0 Å². The van der Waals surface area contributed by atoms with Gasteiger partial charge in [0, 0.05) is 11.8 Å². The summed E-state index contributed by atoms with van der Waals surface area (Å²) in [6.45, 7) is 0. The highest BCUT2D eigenvalue weighted by atomic mass is 35.5. The predicted octanol–water partition coefficient (Wildman–Crippen LogP) is 3.44. The van der Waals surface area contributed by atoms with Crippen LogP contribution in [0.25, 0.3) is 0 Å². The van der Waals surface area contributed by atoms with Crippen molar-refractivity contribution in [3.05, 3.63) is 58.9 Å². The van der Waals surface area contributed by atoms with Gasteiger partial charge in [0.15, 0.2) is 0 Å². The molecule has 0 heterocycles. The van der Waals surface area contributed by atoms with Gasteiger partial charge in [-0.1, -0.05) is 23.7 Å². The van der Waals surface area contributed by atoms with Crippen molar-refractivity contribution in [2.24, 2.45) is 0 Å². The first-order valence-electron chi connectivity index (χ1n) is 5.12. The van der Waals surface area contributed by atoms with Crippen LogP contribution in [0.3, 0.4) is 0 Å². The number of anilines is 1. The molecule has 0 atom stereocenters. The Morgan fingerprint density at radius 2 is 1.94 bits per heavy atom. The average molecular weight is 266 g/mol. The summed E-state index contributed by atoms with van der Waals surface area (Å²) in [5, 5.41) is 11.5. The normalized spacial score (nSPS) is 10.1. The summed E-state index contributed by atoms with van der Waals surface area (Å²) in [6, 6.07) is 10.0. The van der Waals surface area contributed by atoms with E-state index in [0.717, 1.165) is 0 Å². The molecule has 1 amide bonds. The van der Waals surface area contributed by atoms with Crippen molar-refractivity contribution in [1.82, 2.24) is 0 Å². The van der Waals surface area contributed by atoms with E-state index in [1.165, 1.54) is 30.3 Å². The molecule has 0 radical (unpaired) electrons. The highest BCUT2D eigenvalue weighted by molar-refractivity contribution is 6.34. The third-order valence-electron chi connectivity index (χ3n) is 2.30. The first-order valence-corrected chi connectivity index (χ1v) is 5.50. The fourth-order valence-electron chi connectivity index (χ4n) is 1.46. The van der Waals surface area contributed by atoms with Gasteiger partial charge in [-0.05, 0) is 24.3 Å².